The highest BCUT2D eigenvalue weighted by Gasteiger charge is 2.18. The van der Waals surface area contributed by atoms with Gasteiger partial charge in [-0.2, -0.15) is 5.26 Å². The van der Waals surface area contributed by atoms with Crippen molar-refractivity contribution >= 4 is 38.8 Å². The smallest absolute Gasteiger partial charge is 0.241 e. The third-order valence-electron chi connectivity index (χ3n) is 2.96. The van der Waals surface area contributed by atoms with Gasteiger partial charge in [-0.3, -0.25) is 0 Å². The van der Waals surface area contributed by atoms with Crippen LogP contribution in [0.1, 0.15) is 15.4 Å². The number of aromatic nitrogens is 1. The van der Waals surface area contributed by atoms with E-state index in [1.54, 1.807) is 25.1 Å². The number of sulfonamides is 1. The van der Waals surface area contributed by atoms with Crippen LogP contribution in [-0.4, -0.2) is 26.5 Å². The zero-order chi connectivity index (χ0) is 17.0. The number of pyridine rings is 1. The van der Waals surface area contributed by atoms with Gasteiger partial charge in [0, 0.05) is 22.8 Å². The minimum Gasteiger partial charge on any atom is -0.369 e. The van der Waals surface area contributed by atoms with Crippen molar-refractivity contribution in [1.29, 1.82) is 5.26 Å². The van der Waals surface area contributed by atoms with Gasteiger partial charge in [-0.25, -0.2) is 18.1 Å². The van der Waals surface area contributed by atoms with Gasteiger partial charge in [0.1, 0.15) is 11.9 Å². The molecule has 0 saturated heterocycles. The Morgan fingerprint density at radius 2 is 2.09 bits per heavy atom. The van der Waals surface area contributed by atoms with E-state index >= 15 is 0 Å². The van der Waals surface area contributed by atoms with Crippen LogP contribution in [-0.2, 0) is 10.0 Å². The van der Waals surface area contributed by atoms with Crippen LogP contribution in [0.15, 0.2) is 23.1 Å². The third kappa shape index (κ3) is 4.42. The molecule has 2 N–H and O–H groups in total. The van der Waals surface area contributed by atoms with Gasteiger partial charge in [0.25, 0.3) is 0 Å². The third-order valence-corrected chi connectivity index (χ3v) is 5.95. The minimum atomic E-state index is -3.52. The van der Waals surface area contributed by atoms with Crippen molar-refractivity contribution in [1.82, 2.24) is 9.71 Å². The summed E-state index contributed by atoms with van der Waals surface area (Å²) in [6.07, 6.45) is 0. The first-order valence-electron chi connectivity index (χ1n) is 6.70. The standard InChI is InChI=1S/C14H15ClN4O2S2/c1-9-7-13(10(2)22-9)23(20,21)18-6-5-17-14-4-3-11(15)12(8-16)19-14/h3-4,7,18H,5-6H2,1-2H3,(H,17,19). The molecule has 2 aromatic heterocycles. The monoisotopic (exact) mass is 370 g/mol. The van der Waals surface area contributed by atoms with E-state index in [1.165, 1.54) is 11.3 Å². The highest BCUT2D eigenvalue weighted by atomic mass is 35.5. The second-order valence-electron chi connectivity index (χ2n) is 4.74. The number of hydrogen-bond acceptors (Lipinski definition) is 6. The largest absolute Gasteiger partial charge is 0.369 e. The molecule has 0 radical (unpaired) electrons. The Morgan fingerprint density at radius 1 is 1.35 bits per heavy atom. The van der Waals surface area contributed by atoms with Gasteiger partial charge in [0.05, 0.1) is 9.92 Å². The zero-order valence-electron chi connectivity index (χ0n) is 12.6. The fourth-order valence-electron chi connectivity index (χ4n) is 1.95. The molecular weight excluding hydrogens is 356 g/mol. The number of halogens is 1. The molecule has 0 spiro atoms. The summed E-state index contributed by atoms with van der Waals surface area (Å²) in [6.45, 7) is 4.19. The molecule has 2 rings (SSSR count). The number of nitrogens with one attached hydrogen (secondary N) is 2. The molecule has 0 atom stereocenters. The summed E-state index contributed by atoms with van der Waals surface area (Å²) in [5.41, 5.74) is 0.127. The normalized spacial score (nSPS) is 11.2. The summed E-state index contributed by atoms with van der Waals surface area (Å²) in [6, 6.07) is 6.74. The molecule has 0 unspecified atom stereocenters. The van der Waals surface area contributed by atoms with E-state index in [-0.39, 0.29) is 17.3 Å². The van der Waals surface area contributed by atoms with E-state index in [0.29, 0.717) is 17.3 Å². The average Bonchev–Trinajstić information content (AvgIpc) is 2.85. The Bertz CT molecular complexity index is 856. The Hall–Kier alpha value is -1.66. The number of aryl methyl sites for hydroxylation is 2. The van der Waals surface area contributed by atoms with Crippen LogP contribution in [0, 0.1) is 25.2 Å². The predicted octanol–water partition coefficient (Wildman–Crippen LogP) is 2.68. The van der Waals surface area contributed by atoms with E-state index < -0.39 is 10.0 Å². The molecule has 6 nitrogen and oxygen atoms in total. The van der Waals surface area contributed by atoms with Crippen molar-refractivity contribution in [3.63, 3.8) is 0 Å². The second kappa shape index (κ2) is 7.27. The molecule has 122 valence electrons. The molecule has 0 saturated carbocycles. The van der Waals surface area contributed by atoms with E-state index in [9.17, 15) is 8.42 Å². The van der Waals surface area contributed by atoms with E-state index in [2.05, 4.69) is 15.0 Å². The molecule has 0 aliphatic rings. The van der Waals surface area contributed by atoms with Gasteiger partial charge >= 0.3 is 0 Å². The summed E-state index contributed by atoms with van der Waals surface area (Å²) >= 11 is 7.25. The summed E-state index contributed by atoms with van der Waals surface area (Å²) in [5.74, 6) is 0.465. The number of nitrogens with zero attached hydrogens (tertiary/aromatic N) is 2. The molecule has 0 bridgehead atoms. The predicted molar refractivity (Wildman–Crippen MR) is 91.4 cm³/mol. The molecule has 2 aromatic rings. The van der Waals surface area contributed by atoms with Gasteiger partial charge in [0.15, 0.2) is 5.69 Å². The van der Waals surface area contributed by atoms with Crippen LogP contribution >= 0.6 is 22.9 Å². The van der Waals surface area contributed by atoms with E-state index in [1.807, 2.05) is 13.0 Å². The molecule has 0 aromatic carbocycles. The number of rotatable bonds is 6. The lowest BCUT2D eigenvalue weighted by molar-refractivity contribution is 0.582. The number of nitriles is 1. The quantitative estimate of drug-likeness (QED) is 0.762. The van der Waals surface area contributed by atoms with Gasteiger partial charge in [-0.05, 0) is 32.0 Å². The topological polar surface area (TPSA) is 94.9 Å². The summed E-state index contributed by atoms with van der Waals surface area (Å²) in [4.78, 5) is 6.06. The Morgan fingerprint density at radius 3 is 2.70 bits per heavy atom. The minimum absolute atomic E-state index is 0.127. The first-order chi connectivity index (χ1) is 10.8. The maximum Gasteiger partial charge on any atom is 0.241 e. The maximum atomic E-state index is 12.2. The van der Waals surface area contributed by atoms with Crippen molar-refractivity contribution in [2.75, 3.05) is 18.4 Å². The summed E-state index contributed by atoms with van der Waals surface area (Å²) in [5, 5.41) is 12.1. The van der Waals surface area contributed by atoms with Crippen LogP contribution < -0.4 is 10.0 Å². The van der Waals surface area contributed by atoms with Crippen molar-refractivity contribution in [3.05, 3.63) is 38.7 Å². The Kier molecular flexibility index (Phi) is 5.59. The first kappa shape index (κ1) is 17.7. The lowest BCUT2D eigenvalue weighted by Gasteiger charge is -2.08. The van der Waals surface area contributed by atoms with Crippen molar-refractivity contribution in [3.8, 4) is 6.07 Å². The van der Waals surface area contributed by atoms with E-state index in [0.717, 1.165) is 9.75 Å². The lowest BCUT2D eigenvalue weighted by Crippen LogP contribution is -2.29. The molecule has 2 heterocycles. The van der Waals surface area contributed by atoms with Crippen LogP contribution in [0.2, 0.25) is 5.02 Å². The molecule has 0 aliphatic heterocycles. The number of anilines is 1. The van der Waals surface area contributed by atoms with Gasteiger partial charge in [-0.15, -0.1) is 11.3 Å². The molecule has 0 fully saturated rings. The van der Waals surface area contributed by atoms with Crippen molar-refractivity contribution in [2.24, 2.45) is 0 Å². The highest BCUT2D eigenvalue weighted by molar-refractivity contribution is 7.89. The average molecular weight is 371 g/mol. The number of hydrogen-bond donors (Lipinski definition) is 2. The van der Waals surface area contributed by atoms with Crippen molar-refractivity contribution in [2.45, 2.75) is 18.7 Å². The van der Waals surface area contributed by atoms with Gasteiger partial charge in [-0.1, -0.05) is 11.6 Å². The lowest BCUT2D eigenvalue weighted by atomic mass is 10.3. The van der Waals surface area contributed by atoms with Crippen molar-refractivity contribution < 1.29 is 8.42 Å². The number of thiophene rings is 1. The van der Waals surface area contributed by atoms with Crippen LogP contribution in [0.5, 0.6) is 0 Å². The summed E-state index contributed by atoms with van der Waals surface area (Å²) < 4.78 is 27.0. The zero-order valence-corrected chi connectivity index (χ0v) is 14.9. The van der Waals surface area contributed by atoms with Gasteiger partial charge < -0.3 is 5.32 Å². The van der Waals surface area contributed by atoms with Crippen LogP contribution in [0.4, 0.5) is 5.82 Å². The fourth-order valence-corrected chi connectivity index (χ4v) is 4.68. The van der Waals surface area contributed by atoms with E-state index in [4.69, 9.17) is 16.9 Å². The van der Waals surface area contributed by atoms with Crippen LogP contribution in [0.25, 0.3) is 0 Å². The molecule has 23 heavy (non-hydrogen) atoms. The van der Waals surface area contributed by atoms with Gasteiger partial charge in [0.2, 0.25) is 10.0 Å². The summed E-state index contributed by atoms with van der Waals surface area (Å²) in [7, 11) is -3.52. The molecular formula is C14H15ClN4O2S2. The molecule has 0 aliphatic carbocycles. The SMILES string of the molecule is Cc1cc(S(=O)(=O)NCCNc2ccc(Cl)c(C#N)n2)c(C)s1. The first-order valence-corrected chi connectivity index (χ1v) is 9.38. The Labute approximate surface area is 144 Å². The van der Waals surface area contributed by atoms with Crippen LogP contribution in [0.3, 0.4) is 0 Å². The maximum absolute atomic E-state index is 12.2. The molecule has 0 amide bonds. The molecule has 9 heteroatoms. The Balaban J connectivity index is 1.93. The second-order valence-corrected chi connectivity index (χ2v) is 8.34. The fraction of sp³-hybridized carbons (Fsp3) is 0.286. The highest BCUT2D eigenvalue weighted by Crippen LogP contribution is 2.24.